The molecule has 1 aliphatic heterocycles. The van der Waals surface area contributed by atoms with Gasteiger partial charge in [-0.25, -0.2) is 13.2 Å². The van der Waals surface area contributed by atoms with Crippen LogP contribution in [0.5, 0.6) is 0 Å². The maximum atomic E-state index is 14.2. The lowest BCUT2D eigenvalue weighted by Crippen LogP contribution is -2.45. The second-order valence-corrected chi connectivity index (χ2v) is 5.79. The molecule has 1 atom stereocenters. The maximum Gasteiger partial charge on any atom is 0.194 e. The van der Waals surface area contributed by atoms with Gasteiger partial charge in [0.2, 0.25) is 0 Å². The monoisotopic (exact) mass is 312 g/mol. The highest BCUT2D eigenvalue weighted by atomic mass is 32.1. The van der Waals surface area contributed by atoms with Crippen LogP contribution < -0.4 is 5.32 Å². The molecule has 3 rings (SSSR count). The SMILES string of the molecule is Fc1ccc([C@H](c2ccsc2)N2CCNCC2)c(F)c1F. The second kappa shape index (κ2) is 6.17. The molecule has 0 aliphatic carbocycles. The summed E-state index contributed by atoms with van der Waals surface area (Å²) in [6.07, 6.45) is 0. The van der Waals surface area contributed by atoms with Crippen molar-refractivity contribution in [2.24, 2.45) is 0 Å². The number of benzene rings is 1. The van der Waals surface area contributed by atoms with Gasteiger partial charge in [-0.05, 0) is 28.5 Å². The molecule has 21 heavy (non-hydrogen) atoms. The van der Waals surface area contributed by atoms with Crippen molar-refractivity contribution in [1.29, 1.82) is 0 Å². The number of nitrogens with one attached hydrogen (secondary N) is 1. The summed E-state index contributed by atoms with van der Waals surface area (Å²) in [4.78, 5) is 2.09. The molecular weight excluding hydrogens is 297 g/mol. The molecule has 112 valence electrons. The summed E-state index contributed by atoms with van der Waals surface area (Å²) in [7, 11) is 0. The van der Waals surface area contributed by atoms with Gasteiger partial charge in [0.05, 0.1) is 6.04 Å². The third kappa shape index (κ3) is 2.84. The van der Waals surface area contributed by atoms with Crippen molar-refractivity contribution in [2.75, 3.05) is 26.2 Å². The Bertz CT molecular complexity index is 610. The standard InChI is InChI=1S/C15H15F3N2S/c16-12-2-1-11(13(17)14(12)18)15(10-3-8-21-9-10)20-6-4-19-5-7-20/h1-3,8-9,15,19H,4-7H2/t15-/m0/s1. The molecule has 1 N–H and O–H groups in total. The Morgan fingerprint density at radius 2 is 1.81 bits per heavy atom. The fourth-order valence-electron chi connectivity index (χ4n) is 2.71. The zero-order chi connectivity index (χ0) is 14.8. The molecule has 6 heteroatoms. The van der Waals surface area contributed by atoms with Crippen LogP contribution in [0.25, 0.3) is 0 Å². The van der Waals surface area contributed by atoms with E-state index in [9.17, 15) is 13.2 Å². The van der Waals surface area contributed by atoms with E-state index < -0.39 is 17.5 Å². The van der Waals surface area contributed by atoms with Crippen LogP contribution in [-0.4, -0.2) is 31.1 Å². The Labute approximate surface area is 125 Å². The van der Waals surface area contributed by atoms with Gasteiger partial charge in [0.15, 0.2) is 17.5 Å². The van der Waals surface area contributed by atoms with Crippen LogP contribution in [-0.2, 0) is 0 Å². The van der Waals surface area contributed by atoms with Crippen LogP contribution in [0.15, 0.2) is 29.0 Å². The molecule has 1 fully saturated rings. The normalized spacial score (nSPS) is 17.9. The molecule has 0 radical (unpaired) electrons. The smallest absolute Gasteiger partial charge is 0.194 e. The van der Waals surface area contributed by atoms with Crippen LogP contribution in [0, 0.1) is 17.5 Å². The number of piperazine rings is 1. The van der Waals surface area contributed by atoms with Gasteiger partial charge < -0.3 is 5.32 Å². The molecule has 0 spiro atoms. The van der Waals surface area contributed by atoms with E-state index in [2.05, 4.69) is 10.2 Å². The average molecular weight is 312 g/mol. The average Bonchev–Trinajstić information content (AvgIpc) is 3.03. The van der Waals surface area contributed by atoms with Crippen molar-refractivity contribution in [1.82, 2.24) is 10.2 Å². The Morgan fingerprint density at radius 3 is 2.48 bits per heavy atom. The van der Waals surface area contributed by atoms with E-state index in [1.54, 1.807) is 0 Å². The van der Waals surface area contributed by atoms with Crippen LogP contribution in [0.4, 0.5) is 13.2 Å². The molecule has 0 saturated carbocycles. The van der Waals surface area contributed by atoms with Crippen LogP contribution in [0.1, 0.15) is 17.2 Å². The summed E-state index contributed by atoms with van der Waals surface area (Å²) in [5.74, 6) is -3.65. The highest BCUT2D eigenvalue weighted by Crippen LogP contribution is 2.33. The van der Waals surface area contributed by atoms with E-state index in [1.165, 1.54) is 17.4 Å². The minimum atomic E-state index is -1.40. The first kappa shape index (κ1) is 14.6. The van der Waals surface area contributed by atoms with Crippen molar-refractivity contribution >= 4 is 11.3 Å². The largest absolute Gasteiger partial charge is 0.314 e. The van der Waals surface area contributed by atoms with Gasteiger partial charge in [0, 0.05) is 31.7 Å². The zero-order valence-electron chi connectivity index (χ0n) is 11.3. The van der Waals surface area contributed by atoms with Crippen molar-refractivity contribution in [2.45, 2.75) is 6.04 Å². The van der Waals surface area contributed by atoms with Crippen molar-refractivity contribution in [3.05, 3.63) is 57.5 Å². The van der Waals surface area contributed by atoms with Crippen molar-refractivity contribution < 1.29 is 13.2 Å². The molecule has 1 aromatic carbocycles. The Kier molecular flexibility index (Phi) is 4.28. The molecule has 1 saturated heterocycles. The Morgan fingerprint density at radius 1 is 1.05 bits per heavy atom. The minimum Gasteiger partial charge on any atom is -0.314 e. The van der Waals surface area contributed by atoms with Gasteiger partial charge in [-0.3, -0.25) is 4.90 Å². The predicted octanol–water partition coefficient (Wildman–Crippen LogP) is 3.16. The van der Waals surface area contributed by atoms with E-state index in [4.69, 9.17) is 0 Å². The van der Waals surface area contributed by atoms with E-state index in [-0.39, 0.29) is 11.6 Å². The number of thiophene rings is 1. The zero-order valence-corrected chi connectivity index (χ0v) is 12.1. The number of nitrogens with zero attached hydrogens (tertiary/aromatic N) is 1. The summed E-state index contributed by atoms with van der Waals surface area (Å²) in [5.41, 5.74) is 1.10. The highest BCUT2D eigenvalue weighted by molar-refractivity contribution is 7.08. The second-order valence-electron chi connectivity index (χ2n) is 5.01. The Balaban J connectivity index is 2.05. The van der Waals surface area contributed by atoms with Crippen molar-refractivity contribution in [3.63, 3.8) is 0 Å². The van der Waals surface area contributed by atoms with Gasteiger partial charge in [-0.15, -0.1) is 0 Å². The molecule has 1 aliphatic rings. The molecule has 1 aromatic heterocycles. The number of hydrogen-bond donors (Lipinski definition) is 1. The lowest BCUT2D eigenvalue weighted by molar-refractivity contribution is 0.194. The van der Waals surface area contributed by atoms with E-state index in [1.807, 2.05) is 16.8 Å². The summed E-state index contributed by atoms with van der Waals surface area (Å²) in [6.45, 7) is 3.07. The molecule has 0 bridgehead atoms. The first-order valence-corrected chi connectivity index (χ1v) is 7.73. The number of halogens is 3. The summed E-state index contributed by atoms with van der Waals surface area (Å²) in [6, 6.07) is 3.86. The third-order valence-corrected chi connectivity index (χ3v) is 4.44. The lowest BCUT2D eigenvalue weighted by atomic mass is 9.98. The highest BCUT2D eigenvalue weighted by Gasteiger charge is 2.28. The summed E-state index contributed by atoms with van der Waals surface area (Å²) < 4.78 is 41.0. The van der Waals surface area contributed by atoms with Crippen LogP contribution in [0.3, 0.4) is 0 Å². The first-order valence-electron chi connectivity index (χ1n) is 6.78. The summed E-state index contributed by atoms with van der Waals surface area (Å²) >= 11 is 1.51. The maximum absolute atomic E-state index is 14.2. The molecule has 2 heterocycles. The van der Waals surface area contributed by atoms with Gasteiger partial charge in [-0.2, -0.15) is 11.3 Å². The molecule has 2 aromatic rings. The van der Waals surface area contributed by atoms with Gasteiger partial charge in [0.25, 0.3) is 0 Å². The molecule has 0 unspecified atom stereocenters. The topological polar surface area (TPSA) is 15.3 Å². The summed E-state index contributed by atoms with van der Waals surface area (Å²) in [5, 5.41) is 7.06. The Hall–Kier alpha value is -1.37. The van der Waals surface area contributed by atoms with Crippen LogP contribution >= 0.6 is 11.3 Å². The first-order chi connectivity index (χ1) is 10.2. The lowest BCUT2D eigenvalue weighted by Gasteiger charge is -2.35. The number of hydrogen-bond acceptors (Lipinski definition) is 3. The number of rotatable bonds is 3. The molecular formula is C15H15F3N2S. The molecule has 0 amide bonds. The van der Waals surface area contributed by atoms with Crippen LogP contribution in [0.2, 0.25) is 0 Å². The van der Waals surface area contributed by atoms with E-state index in [0.717, 1.165) is 37.8 Å². The van der Waals surface area contributed by atoms with Gasteiger partial charge >= 0.3 is 0 Å². The quantitative estimate of drug-likeness (QED) is 0.876. The predicted molar refractivity (Wildman–Crippen MR) is 76.9 cm³/mol. The fraction of sp³-hybridized carbons (Fsp3) is 0.333. The fourth-order valence-corrected chi connectivity index (χ4v) is 3.39. The van der Waals surface area contributed by atoms with Gasteiger partial charge in [-0.1, -0.05) is 6.07 Å². The minimum absolute atomic E-state index is 0.189. The van der Waals surface area contributed by atoms with Crippen molar-refractivity contribution in [3.8, 4) is 0 Å². The molecule has 2 nitrogen and oxygen atoms in total. The third-order valence-electron chi connectivity index (χ3n) is 3.74. The van der Waals surface area contributed by atoms with E-state index >= 15 is 0 Å². The van der Waals surface area contributed by atoms with Gasteiger partial charge in [0.1, 0.15) is 0 Å². The van der Waals surface area contributed by atoms with E-state index in [0.29, 0.717) is 0 Å².